The molecule has 0 spiro atoms. The monoisotopic (exact) mass is 363 g/mol. The highest BCUT2D eigenvalue weighted by atomic mass is 32.2. The van der Waals surface area contributed by atoms with Crippen LogP contribution in [0.5, 0.6) is 0 Å². The number of amides is 1. The molecule has 2 rings (SSSR count). The predicted octanol–water partition coefficient (Wildman–Crippen LogP) is 3.54. The van der Waals surface area contributed by atoms with E-state index < -0.39 is 33.8 Å². The molecule has 1 saturated carbocycles. The third kappa shape index (κ3) is 5.22. The van der Waals surface area contributed by atoms with E-state index in [1.54, 1.807) is 12.1 Å². The Balaban J connectivity index is 2.12. The molecule has 8 heteroatoms. The van der Waals surface area contributed by atoms with Gasteiger partial charge in [-0.1, -0.05) is 25.0 Å². The second kappa shape index (κ2) is 7.13. The van der Waals surface area contributed by atoms with Crippen LogP contribution >= 0.6 is 0 Å². The van der Waals surface area contributed by atoms with E-state index in [0.717, 1.165) is 6.26 Å². The van der Waals surface area contributed by atoms with Crippen LogP contribution in [0.15, 0.2) is 24.3 Å². The summed E-state index contributed by atoms with van der Waals surface area (Å²) in [4.78, 5) is 12.3. The average molecular weight is 363 g/mol. The van der Waals surface area contributed by atoms with Crippen LogP contribution in [0.1, 0.15) is 31.2 Å². The van der Waals surface area contributed by atoms with Crippen molar-refractivity contribution in [1.82, 2.24) is 0 Å². The first kappa shape index (κ1) is 18.8. The molecule has 0 radical (unpaired) electrons. The Hall–Kier alpha value is -1.57. The van der Waals surface area contributed by atoms with E-state index in [2.05, 4.69) is 5.32 Å². The molecule has 2 atom stereocenters. The first-order chi connectivity index (χ1) is 11.1. The fourth-order valence-electron chi connectivity index (χ4n) is 3.11. The van der Waals surface area contributed by atoms with Crippen LogP contribution in [0.4, 0.5) is 18.9 Å². The number of sulfone groups is 1. The first-order valence-corrected chi connectivity index (χ1v) is 9.76. The Morgan fingerprint density at radius 1 is 1.25 bits per heavy atom. The third-order valence-corrected chi connectivity index (χ3v) is 5.00. The van der Waals surface area contributed by atoms with Crippen molar-refractivity contribution in [1.29, 1.82) is 0 Å². The number of hydrogen-bond acceptors (Lipinski definition) is 3. The highest BCUT2D eigenvalue weighted by Gasteiger charge is 2.48. The zero-order valence-electron chi connectivity index (χ0n) is 13.3. The summed E-state index contributed by atoms with van der Waals surface area (Å²) >= 11 is 0. The van der Waals surface area contributed by atoms with Gasteiger partial charge in [-0.2, -0.15) is 13.2 Å². The number of anilines is 1. The van der Waals surface area contributed by atoms with Crippen LogP contribution in [0.25, 0.3) is 0 Å². The highest BCUT2D eigenvalue weighted by molar-refractivity contribution is 7.89. The fourth-order valence-corrected chi connectivity index (χ4v) is 3.90. The van der Waals surface area contributed by atoms with Crippen LogP contribution < -0.4 is 5.32 Å². The number of nitrogens with one attached hydrogen (secondary N) is 1. The SMILES string of the molecule is CS(=O)(=O)Cc1cccc(NC(=O)C2CCCCC2C(F)(F)F)c1. The maximum atomic E-state index is 13.1. The summed E-state index contributed by atoms with van der Waals surface area (Å²) in [5, 5.41) is 2.51. The molecular formula is C16H20F3NO3S. The Bertz CT molecular complexity index is 701. The molecule has 1 aromatic rings. The van der Waals surface area contributed by atoms with E-state index in [0.29, 0.717) is 24.1 Å². The van der Waals surface area contributed by atoms with Gasteiger partial charge in [0.2, 0.25) is 5.91 Å². The van der Waals surface area contributed by atoms with Crippen molar-refractivity contribution < 1.29 is 26.4 Å². The molecule has 1 aliphatic carbocycles. The number of halogens is 3. The smallest absolute Gasteiger partial charge is 0.326 e. The molecule has 0 saturated heterocycles. The summed E-state index contributed by atoms with van der Waals surface area (Å²) < 4.78 is 61.9. The molecule has 1 aromatic carbocycles. The van der Waals surface area contributed by atoms with Gasteiger partial charge in [-0.15, -0.1) is 0 Å². The van der Waals surface area contributed by atoms with Gasteiger partial charge < -0.3 is 5.32 Å². The molecule has 0 aliphatic heterocycles. The van der Waals surface area contributed by atoms with E-state index in [9.17, 15) is 26.4 Å². The van der Waals surface area contributed by atoms with Gasteiger partial charge in [-0.05, 0) is 30.5 Å². The molecule has 2 unspecified atom stereocenters. The highest BCUT2D eigenvalue weighted by Crippen LogP contribution is 2.41. The lowest BCUT2D eigenvalue weighted by molar-refractivity contribution is -0.197. The van der Waals surface area contributed by atoms with Gasteiger partial charge in [0.05, 0.1) is 11.7 Å². The molecule has 1 amide bonds. The van der Waals surface area contributed by atoms with Gasteiger partial charge in [0, 0.05) is 17.9 Å². The van der Waals surface area contributed by atoms with Gasteiger partial charge in [-0.25, -0.2) is 8.42 Å². The summed E-state index contributed by atoms with van der Waals surface area (Å²) in [6.07, 6.45) is -2.06. The van der Waals surface area contributed by atoms with Crippen molar-refractivity contribution in [2.24, 2.45) is 11.8 Å². The number of carbonyl (C=O) groups is 1. The average Bonchev–Trinajstić information content (AvgIpc) is 2.45. The minimum atomic E-state index is -4.39. The summed E-state index contributed by atoms with van der Waals surface area (Å²) in [7, 11) is -3.23. The summed E-state index contributed by atoms with van der Waals surface area (Å²) in [6.45, 7) is 0. The van der Waals surface area contributed by atoms with Crippen molar-refractivity contribution >= 4 is 21.4 Å². The van der Waals surface area contributed by atoms with Crippen molar-refractivity contribution in [3.63, 3.8) is 0 Å². The lowest BCUT2D eigenvalue weighted by Crippen LogP contribution is -2.39. The minimum absolute atomic E-state index is 0.0320. The Labute approximate surface area is 139 Å². The summed E-state index contributed by atoms with van der Waals surface area (Å²) in [5.74, 6) is -3.57. The molecule has 0 heterocycles. The van der Waals surface area contributed by atoms with Gasteiger partial charge in [-0.3, -0.25) is 4.79 Å². The molecule has 4 nitrogen and oxygen atoms in total. The van der Waals surface area contributed by atoms with Crippen molar-refractivity contribution in [3.8, 4) is 0 Å². The van der Waals surface area contributed by atoms with Crippen LogP contribution in [-0.4, -0.2) is 26.8 Å². The van der Waals surface area contributed by atoms with Crippen molar-refractivity contribution in [2.75, 3.05) is 11.6 Å². The van der Waals surface area contributed by atoms with E-state index in [4.69, 9.17) is 0 Å². The van der Waals surface area contributed by atoms with Gasteiger partial charge >= 0.3 is 6.18 Å². The molecule has 1 N–H and O–H groups in total. The number of benzene rings is 1. The second-order valence-corrected chi connectivity index (χ2v) is 8.44. The Kier molecular flexibility index (Phi) is 5.57. The molecular weight excluding hydrogens is 343 g/mol. The number of hydrogen-bond donors (Lipinski definition) is 1. The lowest BCUT2D eigenvalue weighted by Gasteiger charge is -2.32. The molecule has 1 fully saturated rings. The molecule has 0 aromatic heterocycles. The fraction of sp³-hybridized carbons (Fsp3) is 0.562. The Morgan fingerprint density at radius 3 is 2.54 bits per heavy atom. The largest absolute Gasteiger partial charge is 0.392 e. The molecule has 134 valence electrons. The maximum Gasteiger partial charge on any atom is 0.392 e. The van der Waals surface area contributed by atoms with Crippen molar-refractivity contribution in [3.05, 3.63) is 29.8 Å². The minimum Gasteiger partial charge on any atom is -0.326 e. The predicted molar refractivity (Wildman–Crippen MR) is 85.1 cm³/mol. The van der Waals surface area contributed by atoms with E-state index in [1.165, 1.54) is 12.1 Å². The topological polar surface area (TPSA) is 63.2 Å². The van der Waals surface area contributed by atoms with Crippen LogP contribution in [0.3, 0.4) is 0 Å². The van der Waals surface area contributed by atoms with Gasteiger partial charge in [0.25, 0.3) is 0 Å². The summed E-state index contributed by atoms with van der Waals surface area (Å²) in [6, 6.07) is 6.17. The zero-order valence-corrected chi connectivity index (χ0v) is 14.1. The number of rotatable bonds is 4. The van der Waals surface area contributed by atoms with Crippen LogP contribution in [-0.2, 0) is 20.4 Å². The van der Waals surface area contributed by atoms with E-state index in [-0.39, 0.29) is 18.6 Å². The summed E-state index contributed by atoms with van der Waals surface area (Å²) in [5.41, 5.74) is 0.791. The normalized spacial score (nSPS) is 22.2. The third-order valence-electron chi connectivity index (χ3n) is 4.15. The standard InChI is InChI=1S/C16H20F3NO3S/c1-24(22,23)10-11-5-4-6-12(9-11)20-15(21)13-7-2-3-8-14(13)16(17,18)19/h4-6,9,13-14H,2-3,7-8,10H2,1H3,(H,20,21). The number of alkyl halides is 3. The van der Waals surface area contributed by atoms with Crippen LogP contribution in [0.2, 0.25) is 0 Å². The van der Waals surface area contributed by atoms with Crippen LogP contribution in [0, 0.1) is 11.8 Å². The second-order valence-electron chi connectivity index (χ2n) is 6.30. The first-order valence-electron chi connectivity index (χ1n) is 7.70. The van der Waals surface area contributed by atoms with Crippen molar-refractivity contribution in [2.45, 2.75) is 37.6 Å². The molecule has 0 bridgehead atoms. The number of carbonyl (C=O) groups excluding carboxylic acids is 1. The van der Waals surface area contributed by atoms with E-state index >= 15 is 0 Å². The van der Waals surface area contributed by atoms with Gasteiger partial charge in [0.1, 0.15) is 0 Å². The zero-order chi connectivity index (χ0) is 18.0. The molecule has 1 aliphatic rings. The quantitative estimate of drug-likeness (QED) is 0.890. The van der Waals surface area contributed by atoms with Gasteiger partial charge in [0.15, 0.2) is 9.84 Å². The maximum absolute atomic E-state index is 13.1. The van der Waals surface area contributed by atoms with E-state index in [1.807, 2.05) is 0 Å². The lowest BCUT2D eigenvalue weighted by atomic mass is 9.78. The molecule has 24 heavy (non-hydrogen) atoms. The Morgan fingerprint density at radius 2 is 1.92 bits per heavy atom.